The van der Waals surface area contributed by atoms with Gasteiger partial charge in [0.1, 0.15) is 12.4 Å². The van der Waals surface area contributed by atoms with E-state index in [0.29, 0.717) is 11.3 Å². The quantitative estimate of drug-likeness (QED) is 0.457. The average Bonchev–Trinajstić information content (AvgIpc) is 2.62. The summed E-state index contributed by atoms with van der Waals surface area (Å²) in [6.07, 6.45) is -0.0314. The minimum atomic E-state index is -0.528. The van der Waals surface area contributed by atoms with Crippen molar-refractivity contribution in [2.24, 2.45) is 0 Å². The fourth-order valence-electron chi connectivity index (χ4n) is 1.99. The number of esters is 2. The van der Waals surface area contributed by atoms with E-state index < -0.39 is 11.9 Å². The summed E-state index contributed by atoms with van der Waals surface area (Å²) < 4.78 is 10.0. The Morgan fingerprint density at radius 3 is 2.12 bits per heavy atom. The highest BCUT2D eigenvalue weighted by Crippen LogP contribution is 2.23. The number of hydrogen-bond donors (Lipinski definition) is 0. The Hall–Kier alpha value is -3.39. The van der Waals surface area contributed by atoms with E-state index in [1.54, 1.807) is 24.3 Å². The van der Waals surface area contributed by atoms with Gasteiger partial charge in [0, 0.05) is 5.57 Å². The lowest BCUT2D eigenvalue weighted by Gasteiger charge is -2.07. The maximum atomic E-state index is 11.7. The van der Waals surface area contributed by atoms with Gasteiger partial charge in [-0.05, 0) is 42.3 Å². The van der Waals surface area contributed by atoms with E-state index in [0.717, 1.165) is 11.1 Å². The molecule has 0 unspecified atom stereocenters. The van der Waals surface area contributed by atoms with Crippen LogP contribution in [0.15, 0.2) is 60.7 Å². The van der Waals surface area contributed by atoms with Gasteiger partial charge < -0.3 is 9.47 Å². The van der Waals surface area contributed by atoms with Gasteiger partial charge in [-0.3, -0.25) is 4.79 Å². The molecule has 0 atom stereocenters. The normalized spacial score (nSPS) is 9.76. The number of rotatable bonds is 6. The van der Waals surface area contributed by atoms with Crippen molar-refractivity contribution in [2.45, 2.75) is 13.3 Å². The zero-order valence-corrected chi connectivity index (χ0v) is 13.8. The fourth-order valence-corrected chi connectivity index (χ4v) is 1.99. The van der Waals surface area contributed by atoms with E-state index in [9.17, 15) is 9.59 Å². The van der Waals surface area contributed by atoms with Crippen LogP contribution in [0.4, 0.5) is 0 Å². The minimum absolute atomic E-state index is 0.0314. The summed E-state index contributed by atoms with van der Waals surface area (Å²) in [5, 5.41) is 8.81. The molecule has 25 heavy (non-hydrogen) atoms. The number of nitriles is 1. The average molecular weight is 335 g/mol. The lowest BCUT2D eigenvalue weighted by Crippen LogP contribution is -2.14. The highest BCUT2D eigenvalue weighted by atomic mass is 16.5. The molecule has 0 aromatic heterocycles. The number of ether oxygens (including phenoxy) is 2. The van der Waals surface area contributed by atoms with Crippen molar-refractivity contribution in [3.8, 4) is 22.9 Å². The van der Waals surface area contributed by atoms with E-state index >= 15 is 0 Å². The lowest BCUT2D eigenvalue weighted by molar-refractivity contribution is -0.142. The molecule has 0 N–H and O–H groups in total. The first-order chi connectivity index (χ1) is 12.0. The molecule has 0 bridgehead atoms. The highest BCUT2D eigenvalue weighted by molar-refractivity contribution is 5.87. The summed E-state index contributed by atoms with van der Waals surface area (Å²) in [5.41, 5.74) is 2.79. The summed E-state index contributed by atoms with van der Waals surface area (Å²) in [4.78, 5) is 22.9. The molecule has 0 radical (unpaired) electrons. The Morgan fingerprint density at radius 2 is 1.60 bits per heavy atom. The van der Waals surface area contributed by atoms with Gasteiger partial charge in [-0.15, -0.1) is 0 Å². The van der Waals surface area contributed by atoms with Crippen LogP contribution in [-0.4, -0.2) is 18.5 Å². The van der Waals surface area contributed by atoms with E-state index in [2.05, 4.69) is 12.6 Å². The summed E-state index contributed by atoms with van der Waals surface area (Å²) in [7, 11) is 0. The van der Waals surface area contributed by atoms with E-state index in [1.165, 1.54) is 6.92 Å². The first-order valence-corrected chi connectivity index (χ1v) is 7.63. The van der Waals surface area contributed by atoms with Crippen molar-refractivity contribution in [3.63, 3.8) is 0 Å². The molecule has 126 valence electrons. The maximum absolute atomic E-state index is 11.7. The third-order valence-electron chi connectivity index (χ3n) is 3.32. The summed E-state index contributed by atoms with van der Waals surface area (Å²) >= 11 is 0. The number of benzene rings is 2. The SMILES string of the molecule is C=C(C)C(=O)OCCC(=O)Oc1ccc(-c2ccc(C#N)cc2)cc1. The molecule has 0 spiro atoms. The molecule has 5 heteroatoms. The van der Waals surface area contributed by atoms with Crippen LogP contribution < -0.4 is 4.74 Å². The molecule has 2 aromatic rings. The van der Waals surface area contributed by atoms with Crippen molar-refractivity contribution in [2.75, 3.05) is 6.61 Å². The van der Waals surface area contributed by atoms with Crippen LogP contribution in [0.5, 0.6) is 5.75 Å². The van der Waals surface area contributed by atoms with Gasteiger partial charge in [0.2, 0.25) is 0 Å². The molecule has 0 aliphatic rings. The molecule has 0 aliphatic carbocycles. The van der Waals surface area contributed by atoms with Gasteiger partial charge in [0.25, 0.3) is 0 Å². The van der Waals surface area contributed by atoms with Gasteiger partial charge in [0.05, 0.1) is 18.1 Å². The second-order valence-electron chi connectivity index (χ2n) is 5.35. The largest absolute Gasteiger partial charge is 0.462 e. The van der Waals surface area contributed by atoms with Crippen LogP contribution >= 0.6 is 0 Å². The monoisotopic (exact) mass is 335 g/mol. The van der Waals surface area contributed by atoms with Crippen LogP contribution in [0.25, 0.3) is 11.1 Å². The third-order valence-corrected chi connectivity index (χ3v) is 3.32. The molecular weight excluding hydrogens is 318 g/mol. The van der Waals surface area contributed by atoms with Gasteiger partial charge >= 0.3 is 11.9 Å². The van der Waals surface area contributed by atoms with E-state index in [-0.39, 0.29) is 18.6 Å². The van der Waals surface area contributed by atoms with Gasteiger partial charge in [-0.2, -0.15) is 5.26 Å². The van der Waals surface area contributed by atoms with Crippen molar-refractivity contribution in [1.29, 1.82) is 5.26 Å². The number of hydrogen-bond acceptors (Lipinski definition) is 5. The Labute approximate surface area is 146 Å². The second-order valence-corrected chi connectivity index (χ2v) is 5.35. The van der Waals surface area contributed by atoms with Crippen LogP contribution in [0.1, 0.15) is 18.9 Å². The predicted molar refractivity (Wildman–Crippen MR) is 92.6 cm³/mol. The zero-order chi connectivity index (χ0) is 18.2. The Bertz CT molecular complexity index is 814. The van der Waals surface area contributed by atoms with Crippen LogP contribution in [0, 0.1) is 11.3 Å². The second kappa shape index (κ2) is 8.46. The standard InChI is InChI=1S/C20H17NO4/c1-14(2)20(23)24-12-11-19(22)25-18-9-7-17(8-10-18)16-5-3-15(13-21)4-6-16/h3-10H,1,11-12H2,2H3. The molecule has 0 saturated heterocycles. The first kappa shape index (κ1) is 18.0. The Balaban J connectivity index is 1.89. The zero-order valence-electron chi connectivity index (χ0n) is 13.8. The lowest BCUT2D eigenvalue weighted by atomic mass is 10.0. The number of carbonyl (C=O) groups excluding carboxylic acids is 2. The number of nitrogens with zero attached hydrogens (tertiary/aromatic N) is 1. The van der Waals surface area contributed by atoms with Crippen LogP contribution in [-0.2, 0) is 14.3 Å². The van der Waals surface area contributed by atoms with Crippen LogP contribution in [0.2, 0.25) is 0 Å². The summed E-state index contributed by atoms with van der Waals surface area (Å²) in [6.45, 7) is 4.95. The molecule has 2 aromatic carbocycles. The van der Waals surface area contributed by atoms with Gasteiger partial charge in [-0.25, -0.2) is 4.79 Å². The maximum Gasteiger partial charge on any atom is 0.333 e. The molecule has 0 saturated carbocycles. The topological polar surface area (TPSA) is 76.4 Å². The predicted octanol–water partition coefficient (Wildman–Crippen LogP) is 3.64. The molecule has 0 fully saturated rings. The molecular formula is C20H17NO4. The summed E-state index contributed by atoms with van der Waals surface area (Å²) in [5.74, 6) is -0.603. The Kier molecular flexibility index (Phi) is 6.08. The van der Waals surface area contributed by atoms with Crippen molar-refractivity contribution >= 4 is 11.9 Å². The van der Waals surface area contributed by atoms with E-state index in [1.807, 2.05) is 24.3 Å². The molecule has 0 aliphatic heterocycles. The molecule has 0 amide bonds. The Morgan fingerprint density at radius 1 is 1.04 bits per heavy atom. The number of carbonyl (C=O) groups is 2. The molecule has 0 heterocycles. The smallest absolute Gasteiger partial charge is 0.333 e. The van der Waals surface area contributed by atoms with E-state index in [4.69, 9.17) is 14.7 Å². The van der Waals surface area contributed by atoms with Gasteiger partial charge in [-0.1, -0.05) is 30.8 Å². The highest BCUT2D eigenvalue weighted by Gasteiger charge is 2.08. The third kappa shape index (κ3) is 5.33. The summed E-state index contributed by atoms with van der Waals surface area (Å²) in [6, 6.07) is 16.3. The van der Waals surface area contributed by atoms with Crippen molar-refractivity contribution in [3.05, 3.63) is 66.2 Å². The van der Waals surface area contributed by atoms with Gasteiger partial charge in [0.15, 0.2) is 0 Å². The van der Waals surface area contributed by atoms with Crippen LogP contribution in [0.3, 0.4) is 0 Å². The van der Waals surface area contributed by atoms with Crippen molar-refractivity contribution < 1.29 is 19.1 Å². The first-order valence-electron chi connectivity index (χ1n) is 7.63. The molecule has 2 rings (SSSR count). The molecule has 5 nitrogen and oxygen atoms in total. The van der Waals surface area contributed by atoms with Crippen molar-refractivity contribution in [1.82, 2.24) is 0 Å². The fraction of sp³-hybridized carbons (Fsp3) is 0.150. The minimum Gasteiger partial charge on any atom is -0.462 e.